The molecule has 2 aromatic heterocycles. The first kappa shape index (κ1) is 22.7. The van der Waals surface area contributed by atoms with Gasteiger partial charge in [0.2, 0.25) is 0 Å². The average molecular weight is 477 g/mol. The van der Waals surface area contributed by atoms with E-state index in [1.54, 1.807) is 12.4 Å². The molecular weight excluding hydrogens is 456 g/mol. The molecule has 0 radical (unpaired) electrons. The predicted octanol–water partition coefficient (Wildman–Crippen LogP) is 4.92. The molecule has 0 saturated heterocycles. The second kappa shape index (κ2) is 10.4. The number of aryl methyl sites for hydroxylation is 1. The van der Waals surface area contributed by atoms with Crippen LogP contribution in [0.4, 0.5) is 0 Å². The van der Waals surface area contributed by atoms with Crippen LogP contribution >= 0.6 is 23.4 Å². The molecule has 0 atom stereocenters. The van der Waals surface area contributed by atoms with Crippen LogP contribution in [0.1, 0.15) is 18.1 Å². The Kier molecular flexibility index (Phi) is 7.16. The lowest BCUT2D eigenvalue weighted by molar-refractivity contribution is -0.118. The van der Waals surface area contributed by atoms with E-state index in [1.165, 1.54) is 11.8 Å². The van der Waals surface area contributed by atoms with Crippen LogP contribution in [0.25, 0.3) is 17.1 Å². The molecular formula is C24H21ClN6OS. The summed E-state index contributed by atoms with van der Waals surface area (Å²) in [6.45, 7) is 3.86. The lowest BCUT2D eigenvalue weighted by atomic mass is 10.1. The van der Waals surface area contributed by atoms with Gasteiger partial charge >= 0.3 is 0 Å². The largest absolute Gasteiger partial charge is 0.272 e. The molecule has 0 aliphatic rings. The third-order valence-electron chi connectivity index (χ3n) is 4.81. The van der Waals surface area contributed by atoms with Gasteiger partial charge in [0.25, 0.3) is 5.91 Å². The van der Waals surface area contributed by atoms with Crippen LogP contribution < -0.4 is 5.43 Å². The average Bonchev–Trinajstić information content (AvgIpc) is 3.26. The van der Waals surface area contributed by atoms with Gasteiger partial charge in [0.15, 0.2) is 11.0 Å². The van der Waals surface area contributed by atoms with Gasteiger partial charge in [-0.15, -0.1) is 10.2 Å². The molecule has 0 unspecified atom stereocenters. The van der Waals surface area contributed by atoms with Crippen molar-refractivity contribution in [3.63, 3.8) is 0 Å². The van der Waals surface area contributed by atoms with Crippen molar-refractivity contribution >= 4 is 35.0 Å². The monoisotopic (exact) mass is 476 g/mol. The van der Waals surface area contributed by atoms with E-state index in [-0.39, 0.29) is 11.7 Å². The number of nitrogens with one attached hydrogen (secondary N) is 1. The van der Waals surface area contributed by atoms with Crippen LogP contribution in [0.3, 0.4) is 0 Å². The maximum absolute atomic E-state index is 12.4. The number of thioether (sulfide) groups is 1. The number of carbonyl (C=O) groups excluding carboxylic acids is 1. The molecule has 166 valence electrons. The molecule has 4 rings (SSSR count). The Hall–Kier alpha value is -3.49. The zero-order valence-electron chi connectivity index (χ0n) is 18.1. The van der Waals surface area contributed by atoms with Crippen molar-refractivity contribution in [3.8, 4) is 17.1 Å². The summed E-state index contributed by atoms with van der Waals surface area (Å²) in [4.78, 5) is 16.4. The molecule has 0 aliphatic heterocycles. The van der Waals surface area contributed by atoms with Gasteiger partial charge in [0.05, 0.1) is 11.5 Å². The van der Waals surface area contributed by atoms with Crippen molar-refractivity contribution in [2.24, 2.45) is 5.10 Å². The number of hydrogen-bond acceptors (Lipinski definition) is 6. The maximum atomic E-state index is 12.4. The molecule has 1 amide bonds. The van der Waals surface area contributed by atoms with Gasteiger partial charge in [0, 0.05) is 34.2 Å². The zero-order valence-corrected chi connectivity index (χ0v) is 19.6. The quantitative estimate of drug-likeness (QED) is 0.232. The summed E-state index contributed by atoms with van der Waals surface area (Å²) >= 11 is 7.37. The Morgan fingerprint density at radius 2 is 1.73 bits per heavy atom. The highest BCUT2D eigenvalue weighted by atomic mass is 35.5. The van der Waals surface area contributed by atoms with Crippen molar-refractivity contribution < 1.29 is 4.79 Å². The Balaban J connectivity index is 1.54. The van der Waals surface area contributed by atoms with E-state index in [0.717, 1.165) is 22.4 Å². The standard InChI is InChI=1S/C24H21ClN6OS/c1-16-3-5-19(6-4-16)23-29-30-24(31(23)21-9-7-20(25)8-10-21)33-15-22(32)28-27-17(2)18-11-13-26-14-12-18/h3-14H,15H2,1-2H3,(H,28,32)/b27-17-. The maximum Gasteiger partial charge on any atom is 0.250 e. The first-order chi connectivity index (χ1) is 16.0. The van der Waals surface area contributed by atoms with Crippen molar-refractivity contribution in [3.05, 3.63) is 89.2 Å². The van der Waals surface area contributed by atoms with E-state index in [2.05, 4.69) is 25.7 Å². The smallest absolute Gasteiger partial charge is 0.250 e. The minimum absolute atomic E-state index is 0.132. The molecule has 0 aliphatic carbocycles. The van der Waals surface area contributed by atoms with Crippen molar-refractivity contribution in [1.82, 2.24) is 25.2 Å². The lowest BCUT2D eigenvalue weighted by Crippen LogP contribution is -2.21. The van der Waals surface area contributed by atoms with E-state index in [9.17, 15) is 4.79 Å². The minimum Gasteiger partial charge on any atom is -0.272 e. The predicted molar refractivity (Wildman–Crippen MR) is 132 cm³/mol. The van der Waals surface area contributed by atoms with Gasteiger partial charge in [-0.25, -0.2) is 5.43 Å². The molecule has 4 aromatic rings. The number of nitrogens with zero attached hydrogens (tertiary/aromatic N) is 5. The van der Waals surface area contributed by atoms with Gasteiger partial charge in [0.1, 0.15) is 0 Å². The molecule has 0 fully saturated rings. The Morgan fingerprint density at radius 1 is 1.03 bits per heavy atom. The highest BCUT2D eigenvalue weighted by molar-refractivity contribution is 7.99. The number of carbonyl (C=O) groups is 1. The van der Waals surface area contributed by atoms with E-state index in [0.29, 0.717) is 21.7 Å². The zero-order chi connectivity index (χ0) is 23.2. The summed E-state index contributed by atoms with van der Waals surface area (Å²) in [5.41, 5.74) is 7.12. The molecule has 1 N–H and O–H groups in total. The van der Waals surface area contributed by atoms with Gasteiger partial charge in [-0.3, -0.25) is 14.3 Å². The molecule has 33 heavy (non-hydrogen) atoms. The van der Waals surface area contributed by atoms with Gasteiger partial charge < -0.3 is 0 Å². The fraction of sp³-hybridized carbons (Fsp3) is 0.125. The summed E-state index contributed by atoms with van der Waals surface area (Å²) in [5.74, 6) is 0.579. The Bertz CT molecular complexity index is 1270. The third kappa shape index (κ3) is 5.66. The number of amides is 1. The highest BCUT2D eigenvalue weighted by Crippen LogP contribution is 2.28. The highest BCUT2D eigenvalue weighted by Gasteiger charge is 2.17. The molecule has 0 saturated carbocycles. The summed E-state index contributed by atoms with van der Waals surface area (Å²) in [6.07, 6.45) is 3.36. The fourth-order valence-electron chi connectivity index (χ4n) is 3.04. The normalized spacial score (nSPS) is 11.4. The molecule has 7 nitrogen and oxygen atoms in total. The summed E-state index contributed by atoms with van der Waals surface area (Å²) in [6, 6.07) is 19.2. The SMILES string of the molecule is C/C(=N/NC(=O)CSc1nnc(-c2ccc(C)cc2)n1-c1ccc(Cl)cc1)c1ccncc1. The second-order valence-electron chi connectivity index (χ2n) is 7.24. The summed E-state index contributed by atoms with van der Waals surface area (Å²) in [5, 5.41) is 14.2. The van der Waals surface area contributed by atoms with Crippen molar-refractivity contribution in [2.45, 2.75) is 19.0 Å². The number of aromatic nitrogens is 4. The molecule has 9 heteroatoms. The number of benzene rings is 2. The molecule has 0 spiro atoms. The molecule has 2 aromatic carbocycles. The minimum atomic E-state index is -0.240. The van der Waals surface area contributed by atoms with E-state index in [1.807, 2.05) is 79.1 Å². The van der Waals surface area contributed by atoms with Crippen LogP contribution in [0.15, 0.2) is 83.3 Å². The first-order valence-corrected chi connectivity index (χ1v) is 11.5. The molecule has 0 bridgehead atoms. The van der Waals surface area contributed by atoms with Crippen molar-refractivity contribution in [1.29, 1.82) is 0 Å². The number of rotatable bonds is 7. The number of hydrogen-bond donors (Lipinski definition) is 1. The second-order valence-corrected chi connectivity index (χ2v) is 8.62. The Morgan fingerprint density at radius 3 is 2.42 bits per heavy atom. The molecule has 2 heterocycles. The summed E-state index contributed by atoms with van der Waals surface area (Å²) < 4.78 is 1.92. The lowest BCUT2D eigenvalue weighted by Gasteiger charge is -2.10. The summed E-state index contributed by atoms with van der Waals surface area (Å²) in [7, 11) is 0. The van der Waals surface area contributed by atoms with Gasteiger partial charge in [-0.2, -0.15) is 5.10 Å². The number of hydrazone groups is 1. The fourth-order valence-corrected chi connectivity index (χ4v) is 3.91. The first-order valence-electron chi connectivity index (χ1n) is 10.2. The van der Waals surface area contributed by atoms with Crippen LogP contribution in [0, 0.1) is 6.92 Å². The van der Waals surface area contributed by atoms with Crippen LogP contribution in [0.5, 0.6) is 0 Å². The van der Waals surface area contributed by atoms with E-state index < -0.39 is 0 Å². The third-order valence-corrected chi connectivity index (χ3v) is 5.99. The Labute approximate surface area is 200 Å². The van der Waals surface area contributed by atoms with Crippen molar-refractivity contribution in [2.75, 3.05) is 5.75 Å². The number of halogens is 1. The van der Waals surface area contributed by atoms with E-state index >= 15 is 0 Å². The van der Waals surface area contributed by atoms with Gasteiger partial charge in [-0.05, 0) is 50.2 Å². The topological polar surface area (TPSA) is 85.1 Å². The van der Waals surface area contributed by atoms with Crippen LogP contribution in [0.2, 0.25) is 5.02 Å². The van der Waals surface area contributed by atoms with Crippen LogP contribution in [-0.2, 0) is 4.79 Å². The number of pyridine rings is 1. The van der Waals surface area contributed by atoms with E-state index in [4.69, 9.17) is 11.6 Å². The van der Waals surface area contributed by atoms with Crippen LogP contribution in [-0.4, -0.2) is 37.1 Å². The van der Waals surface area contributed by atoms with Gasteiger partial charge in [-0.1, -0.05) is 53.2 Å².